The molecule has 0 radical (unpaired) electrons. The molecular weight excluding hydrogens is 258 g/mol. The number of hydrogen-bond acceptors (Lipinski definition) is 1. The molecule has 3 heteroatoms. The molecule has 1 aromatic heterocycles. The first-order valence-corrected chi connectivity index (χ1v) is 7.16. The van der Waals surface area contributed by atoms with Crippen LogP contribution >= 0.6 is 0 Å². The summed E-state index contributed by atoms with van der Waals surface area (Å²) in [6.07, 6.45) is 2.10. The first-order chi connectivity index (χ1) is 10.1. The van der Waals surface area contributed by atoms with Gasteiger partial charge < -0.3 is 0 Å². The Balaban J connectivity index is 2.11. The van der Waals surface area contributed by atoms with Gasteiger partial charge in [-0.1, -0.05) is 6.07 Å². The number of nitrogens with zero attached hydrogens (tertiary/aromatic N) is 3. The zero-order chi connectivity index (χ0) is 14.7. The Hall–Kier alpha value is -2.60. The van der Waals surface area contributed by atoms with Gasteiger partial charge in [-0.15, -0.1) is 9.36 Å². The highest BCUT2D eigenvalue weighted by molar-refractivity contribution is 5.85. The summed E-state index contributed by atoms with van der Waals surface area (Å²) in [6, 6.07) is 10.5. The Bertz CT molecular complexity index is 955. The summed E-state index contributed by atoms with van der Waals surface area (Å²) in [5.41, 5.74) is 8.56. The highest BCUT2D eigenvalue weighted by atomic mass is 15.4. The minimum Gasteiger partial charge on any atom is -0.192 e. The van der Waals surface area contributed by atoms with Gasteiger partial charge in [0.15, 0.2) is 6.54 Å². The molecule has 0 saturated carbocycles. The van der Waals surface area contributed by atoms with E-state index in [0.29, 0.717) is 0 Å². The average molecular weight is 274 g/mol. The highest BCUT2D eigenvalue weighted by Gasteiger charge is 2.31. The second-order valence-corrected chi connectivity index (χ2v) is 5.83. The lowest BCUT2D eigenvalue weighted by Gasteiger charge is -2.08. The topological polar surface area (TPSA) is 32.6 Å². The Morgan fingerprint density at radius 3 is 2.76 bits per heavy atom. The van der Waals surface area contributed by atoms with Gasteiger partial charge in [-0.05, 0) is 55.7 Å². The molecule has 3 aromatic rings. The van der Waals surface area contributed by atoms with Crippen molar-refractivity contribution in [3.8, 4) is 11.8 Å². The number of aryl methyl sites for hydroxylation is 1. The van der Waals surface area contributed by atoms with E-state index >= 15 is 0 Å². The zero-order valence-corrected chi connectivity index (χ0v) is 12.4. The van der Waals surface area contributed by atoms with Gasteiger partial charge in [0.1, 0.15) is 17.3 Å². The zero-order valence-electron chi connectivity index (χ0n) is 12.4. The Morgan fingerprint density at radius 1 is 1.19 bits per heavy atom. The minimum atomic E-state index is 0.740. The van der Waals surface area contributed by atoms with Crippen molar-refractivity contribution in [2.24, 2.45) is 0 Å². The van der Waals surface area contributed by atoms with Crippen molar-refractivity contribution in [3.63, 3.8) is 0 Å². The molecule has 0 aliphatic carbocycles. The van der Waals surface area contributed by atoms with Crippen molar-refractivity contribution in [2.75, 3.05) is 0 Å². The largest absolute Gasteiger partial charge is 0.205 e. The molecular formula is C18H16N3+. The minimum absolute atomic E-state index is 0.740. The lowest BCUT2D eigenvalue weighted by atomic mass is 9.97. The van der Waals surface area contributed by atoms with Crippen LogP contribution in [0.5, 0.6) is 0 Å². The lowest BCUT2D eigenvalue weighted by Crippen LogP contribution is -2.36. The molecule has 0 N–H and O–H groups in total. The first-order valence-electron chi connectivity index (χ1n) is 7.16. The predicted molar refractivity (Wildman–Crippen MR) is 81.5 cm³/mol. The molecule has 1 aliphatic rings. The molecule has 0 saturated heterocycles. The molecule has 2 heterocycles. The van der Waals surface area contributed by atoms with Gasteiger partial charge in [0.25, 0.3) is 0 Å². The van der Waals surface area contributed by atoms with Gasteiger partial charge in [0.05, 0.1) is 16.5 Å². The van der Waals surface area contributed by atoms with Gasteiger partial charge in [-0.25, -0.2) is 0 Å². The lowest BCUT2D eigenvalue weighted by molar-refractivity contribution is -0.749. The van der Waals surface area contributed by atoms with Crippen LogP contribution < -0.4 is 4.68 Å². The molecule has 21 heavy (non-hydrogen) atoms. The van der Waals surface area contributed by atoms with E-state index in [4.69, 9.17) is 0 Å². The Labute approximate surface area is 123 Å². The summed E-state index contributed by atoms with van der Waals surface area (Å²) in [4.78, 5) is 0. The third kappa shape index (κ3) is 1.45. The van der Waals surface area contributed by atoms with Crippen LogP contribution in [-0.2, 0) is 6.54 Å². The quantitative estimate of drug-likeness (QED) is 0.454. The molecule has 4 rings (SSSR count). The highest BCUT2D eigenvalue weighted by Crippen LogP contribution is 2.31. The fourth-order valence-electron chi connectivity index (χ4n) is 3.37. The molecule has 0 atom stereocenters. The molecule has 0 amide bonds. The van der Waals surface area contributed by atoms with Gasteiger partial charge in [0.2, 0.25) is 6.20 Å². The van der Waals surface area contributed by atoms with Gasteiger partial charge in [0, 0.05) is 0 Å². The van der Waals surface area contributed by atoms with Crippen molar-refractivity contribution in [1.82, 2.24) is 4.68 Å². The molecule has 1 aliphatic heterocycles. The summed E-state index contributed by atoms with van der Waals surface area (Å²) in [7, 11) is 0. The number of nitriles is 1. The van der Waals surface area contributed by atoms with Crippen LogP contribution in [0, 0.1) is 32.1 Å². The van der Waals surface area contributed by atoms with Crippen LogP contribution in [0.4, 0.5) is 0 Å². The van der Waals surface area contributed by atoms with E-state index < -0.39 is 0 Å². The fraction of sp³-hybridized carbons (Fsp3) is 0.222. The summed E-state index contributed by atoms with van der Waals surface area (Å²) in [6.45, 7) is 7.44. The van der Waals surface area contributed by atoms with Crippen molar-refractivity contribution in [3.05, 3.63) is 58.3 Å². The molecule has 3 nitrogen and oxygen atoms in total. The average Bonchev–Trinajstić information content (AvgIpc) is 3.01. The maximum absolute atomic E-state index is 9.28. The second kappa shape index (κ2) is 3.95. The summed E-state index contributed by atoms with van der Waals surface area (Å²) >= 11 is 0. The van der Waals surface area contributed by atoms with E-state index in [1.54, 1.807) is 0 Å². The van der Waals surface area contributed by atoms with Gasteiger partial charge in [-0.3, -0.25) is 0 Å². The van der Waals surface area contributed by atoms with Crippen molar-refractivity contribution in [2.45, 2.75) is 27.3 Å². The van der Waals surface area contributed by atoms with Crippen molar-refractivity contribution < 1.29 is 4.68 Å². The third-order valence-corrected chi connectivity index (χ3v) is 4.78. The number of benzene rings is 2. The van der Waals surface area contributed by atoms with E-state index in [1.165, 1.54) is 27.9 Å². The number of fused-ring (bicyclic) bond motifs is 5. The molecule has 0 fully saturated rings. The van der Waals surface area contributed by atoms with Crippen LogP contribution in [0.1, 0.15) is 27.8 Å². The summed E-state index contributed by atoms with van der Waals surface area (Å²) in [5.74, 6) is 0. The number of aromatic nitrogens is 2. The van der Waals surface area contributed by atoms with Crippen LogP contribution in [0.3, 0.4) is 0 Å². The second-order valence-electron chi connectivity index (χ2n) is 5.83. The summed E-state index contributed by atoms with van der Waals surface area (Å²) < 4.78 is 4.45. The van der Waals surface area contributed by atoms with Crippen LogP contribution in [0.25, 0.3) is 16.6 Å². The maximum atomic E-state index is 9.28. The summed E-state index contributed by atoms with van der Waals surface area (Å²) in [5, 5.41) is 10.3. The van der Waals surface area contributed by atoms with Crippen molar-refractivity contribution in [1.29, 1.82) is 5.26 Å². The van der Waals surface area contributed by atoms with E-state index in [0.717, 1.165) is 23.0 Å². The Kier molecular flexibility index (Phi) is 2.29. The standard InChI is InChI=1S/C18H16N3/c1-11-7-18-15(13(3)12(11)2)9-20-10-16-14(8-19)5-4-6-17(16)21(18)20/h4-7,10H,9H2,1-3H3/q+1. The van der Waals surface area contributed by atoms with Gasteiger partial charge in [-0.2, -0.15) is 5.26 Å². The predicted octanol–water partition coefficient (Wildman–Crippen LogP) is 3.08. The third-order valence-electron chi connectivity index (χ3n) is 4.78. The van der Waals surface area contributed by atoms with E-state index in [1.807, 2.05) is 12.1 Å². The number of rotatable bonds is 0. The SMILES string of the molecule is Cc1cc2c(c(C)c1C)C[n+]1cc3c(C#N)cccc3n1-2. The van der Waals surface area contributed by atoms with Crippen molar-refractivity contribution >= 4 is 10.9 Å². The normalized spacial score (nSPS) is 12.3. The van der Waals surface area contributed by atoms with Crippen LogP contribution in [0.15, 0.2) is 30.5 Å². The molecule has 0 spiro atoms. The van der Waals surface area contributed by atoms with E-state index in [2.05, 4.69) is 54.5 Å². The molecule has 2 aromatic carbocycles. The fourth-order valence-corrected chi connectivity index (χ4v) is 3.37. The van der Waals surface area contributed by atoms with Crippen LogP contribution in [-0.4, -0.2) is 4.68 Å². The molecule has 0 unspecified atom stereocenters. The number of hydrogen-bond donors (Lipinski definition) is 0. The van der Waals surface area contributed by atoms with Crippen LogP contribution in [0.2, 0.25) is 0 Å². The molecule has 102 valence electrons. The maximum Gasteiger partial charge on any atom is 0.205 e. The Morgan fingerprint density at radius 2 is 2.00 bits per heavy atom. The smallest absolute Gasteiger partial charge is 0.192 e. The molecule has 0 bridgehead atoms. The van der Waals surface area contributed by atoms with Gasteiger partial charge >= 0.3 is 0 Å². The monoisotopic (exact) mass is 274 g/mol. The first kappa shape index (κ1) is 12.2. The van der Waals surface area contributed by atoms with E-state index in [9.17, 15) is 5.26 Å². The van der Waals surface area contributed by atoms with E-state index in [-0.39, 0.29) is 0 Å².